The molecule has 0 saturated carbocycles. The highest BCUT2D eigenvalue weighted by molar-refractivity contribution is 7.07. The third kappa shape index (κ3) is 2.44. The summed E-state index contributed by atoms with van der Waals surface area (Å²) in [6.45, 7) is 1.56. The molecule has 1 aromatic heterocycles. The molecule has 0 fully saturated rings. The van der Waals surface area contributed by atoms with Crippen molar-refractivity contribution >= 4 is 17.1 Å². The van der Waals surface area contributed by atoms with E-state index in [9.17, 15) is 4.79 Å². The van der Waals surface area contributed by atoms with Gasteiger partial charge in [0, 0.05) is 12.5 Å². The zero-order valence-corrected chi connectivity index (χ0v) is 7.23. The molecule has 2 N–H and O–H groups in total. The van der Waals surface area contributed by atoms with Gasteiger partial charge in [0.2, 0.25) is 0 Å². The molecule has 0 aliphatic rings. The van der Waals surface area contributed by atoms with Crippen molar-refractivity contribution < 1.29 is 4.79 Å². The number of rotatable bonds is 3. The molecular weight excluding hydrogens is 158 g/mol. The molecule has 0 amide bonds. The molecule has 60 valence electrons. The van der Waals surface area contributed by atoms with Gasteiger partial charge >= 0.3 is 0 Å². The van der Waals surface area contributed by atoms with E-state index in [0.29, 0.717) is 6.42 Å². The highest BCUT2D eigenvalue weighted by Crippen LogP contribution is 2.16. The second kappa shape index (κ2) is 3.64. The van der Waals surface area contributed by atoms with Gasteiger partial charge in [0.15, 0.2) is 0 Å². The summed E-state index contributed by atoms with van der Waals surface area (Å²) < 4.78 is 0. The van der Waals surface area contributed by atoms with Crippen molar-refractivity contribution in [1.29, 1.82) is 0 Å². The summed E-state index contributed by atoms with van der Waals surface area (Å²) in [7, 11) is 0. The maximum absolute atomic E-state index is 10.7. The quantitative estimate of drug-likeness (QED) is 0.748. The molecule has 1 aromatic rings. The number of hydrogen-bond donors (Lipinski definition) is 1. The minimum Gasteiger partial charge on any atom is -0.324 e. The van der Waals surface area contributed by atoms with E-state index in [0.717, 1.165) is 5.56 Å². The minimum atomic E-state index is -0.112. The van der Waals surface area contributed by atoms with Crippen LogP contribution in [-0.2, 0) is 4.79 Å². The van der Waals surface area contributed by atoms with Crippen molar-refractivity contribution in [3.05, 3.63) is 22.4 Å². The van der Waals surface area contributed by atoms with Gasteiger partial charge in [-0.25, -0.2) is 0 Å². The van der Waals surface area contributed by atoms with Crippen molar-refractivity contribution in [2.75, 3.05) is 0 Å². The zero-order valence-electron chi connectivity index (χ0n) is 6.41. The molecule has 1 heterocycles. The summed E-state index contributed by atoms with van der Waals surface area (Å²) in [5, 5.41) is 3.95. The van der Waals surface area contributed by atoms with Gasteiger partial charge in [-0.2, -0.15) is 11.3 Å². The lowest BCUT2D eigenvalue weighted by molar-refractivity contribution is -0.117. The van der Waals surface area contributed by atoms with Gasteiger partial charge < -0.3 is 5.73 Å². The van der Waals surface area contributed by atoms with E-state index in [1.54, 1.807) is 18.3 Å². The second-order valence-electron chi connectivity index (χ2n) is 2.57. The fraction of sp³-hybridized carbons (Fsp3) is 0.375. The molecule has 11 heavy (non-hydrogen) atoms. The average Bonchev–Trinajstić information content (AvgIpc) is 2.35. The van der Waals surface area contributed by atoms with Gasteiger partial charge in [0.25, 0.3) is 0 Å². The Balaban J connectivity index is 2.56. The number of hydrogen-bond acceptors (Lipinski definition) is 3. The number of thiophene rings is 1. The van der Waals surface area contributed by atoms with Gasteiger partial charge in [-0.3, -0.25) is 4.79 Å². The summed E-state index contributed by atoms with van der Waals surface area (Å²) in [6.07, 6.45) is 0.441. The van der Waals surface area contributed by atoms with E-state index in [1.165, 1.54) is 0 Å². The average molecular weight is 169 g/mol. The first kappa shape index (κ1) is 8.43. The first-order valence-electron chi connectivity index (χ1n) is 3.47. The number of carbonyl (C=O) groups excluding carboxylic acids is 1. The predicted molar refractivity (Wildman–Crippen MR) is 46.5 cm³/mol. The minimum absolute atomic E-state index is 0.112. The number of Topliss-reactive ketones (excluding diaryl/α,β-unsaturated/α-hetero) is 1. The smallest absolute Gasteiger partial charge is 0.131 e. The molecule has 1 unspecified atom stereocenters. The predicted octanol–water partition coefficient (Wildman–Crippen LogP) is 1.73. The summed E-state index contributed by atoms with van der Waals surface area (Å²) in [5.41, 5.74) is 6.79. The van der Waals surface area contributed by atoms with Crippen LogP contribution in [0, 0.1) is 0 Å². The first-order valence-corrected chi connectivity index (χ1v) is 4.41. The highest BCUT2D eigenvalue weighted by atomic mass is 32.1. The van der Waals surface area contributed by atoms with Crippen LogP contribution in [0.3, 0.4) is 0 Å². The summed E-state index contributed by atoms with van der Waals surface area (Å²) in [6, 6.07) is 1.84. The van der Waals surface area contributed by atoms with Gasteiger partial charge in [-0.05, 0) is 29.3 Å². The molecule has 0 spiro atoms. The Bertz CT molecular complexity index is 230. The SMILES string of the molecule is CC(=O)CC(N)c1ccsc1. The second-order valence-corrected chi connectivity index (χ2v) is 3.35. The molecule has 0 saturated heterocycles. The van der Waals surface area contributed by atoms with E-state index in [4.69, 9.17) is 5.73 Å². The molecule has 0 aromatic carbocycles. The van der Waals surface area contributed by atoms with Crippen LogP contribution < -0.4 is 5.73 Å². The lowest BCUT2D eigenvalue weighted by Crippen LogP contribution is -2.12. The molecule has 0 aliphatic carbocycles. The first-order chi connectivity index (χ1) is 5.20. The third-order valence-corrected chi connectivity index (χ3v) is 2.18. The van der Waals surface area contributed by atoms with Crippen LogP contribution in [-0.4, -0.2) is 5.78 Å². The lowest BCUT2D eigenvalue weighted by Gasteiger charge is -2.05. The van der Waals surface area contributed by atoms with Crippen LogP contribution >= 0.6 is 11.3 Å². The monoisotopic (exact) mass is 169 g/mol. The van der Waals surface area contributed by atoms with Crippen molar-refractivity contribution in [2.45, 2.75) is 19.4 Å². The van der Waals surface area contributed by atoms with Crippen LogP contribution in [0.1, 0.15) is 24.9 Å². The Morgan fingerprint density at radius 1 is 1.82 bits per heavy atom. The van der Waals surface area contributed by atoms with Crippen LogP contribution in [0.5, 0.6) is 0 Å². The van der Waals surface area contributed by atoms with Crippen LogP contribution in [0.2, 0.25) is 0 Å². The van der Waals surface area contributed by atoms with E-state index in [1.807, 2.05) is 16.8 Å². The van der Waals surface area contributed by atoms with E-state index >= 15 is 0 Å². The molecule has 0 radical (unpaired) electrons. The Hall–Kier alpha value is -0.670. The zero-order chi connectivity index (χ0) is 8.27. The summed E-state index contributed by atoms with van der Waals surface area (Å²) in [5.74, 6) is 0.142. The lowest BCUT2D eigenvalue weighted by atomic mass is 10.1. The standard InChI is InChI=1S/C8H11NOS/c1-6(10)4-8(9)7-2-3-11-5-7/h2-3,5,8H,4,9H2,1H3. The maximum Gasteiger partial charge on any atom is 0.131 e. The van der Waals surface area contributed by atoms with Crippen molar-refractivity contribution in [2.24, 2.45) is 5.73 Å². The van der Waals surface area contributed by atoms with Crippen molar-refractivity contribution in [3.8, 4) is 0 Å². The fourth-order valence-electron chi connectivity index (χ4n) is 0.914. The number of nitrogens with two attached hydrogens (primary N) is 1. The van der Waals surface area contributed by atoms with Gasteiger partial charge in [-0.15, -0.1) is 0 Å². The molecule has 0 bridgehead atoms. The summed E-state index contributed by atoms with van der Waals surface area (Å²) >= 11 is 1.60. The normalized spacial score (nSPS) is 12.9. The molecular formula is C8H11NOS. The Morgan fingerprint density at radius 3 is 3.00 bits per heavy atom. The number of ketones is 1. The summed E-state index contributed by atoms with van der Waals surface area (Å²) in [4.78, 5) is 10.7. The topological polar surface area (TPSA) is 43.1 Å². The van der Waals surface area contributed by atoms with E-state index < -0.39 is 0 Å². The highest BCUT2D eigenvalue weighted by Gasteiger charge is 2.07. The van der Waals surface area contributed by atoms with Crippen LogP contribution in [0.4, 0.5) is 0 Å². The maximum atomic E-state index is 10.7. The third-order valence-electron chi connectivity index (χ3n) is 1.48. The largest absolute Gasteiger partial charge is 0.324 e. The van der Waals surface area contributed by atoms with Gasteiger partial charge in [0.05, 0.1) is 0 Å². The molecule has 1 rings (SSSR count). The van der Waals surface area contributed by atoms with Gasteiger partial charge in [-0.1, -0.05) is 0 Å². The van der Waals surface area contributed by atoms with Gasteiger partial charge in [0.1, 0.15) is 5.78 Å². The Morgan fingerprint density at radius 2 is 2.55 bits per heavy atom. The Labute approximate surface area is 70.0 Å². The van der Waals surface area contributed by atoms with Crippen LogP contribution in [0.25, 0.3) is 0 Å². The molecule has 3 heteroatoms. The fourth-order valence-corrected chi connectivity index (χ4v) is 1.64. The Kier molecular flexibility index (Phi) is 2.79. The molecule has 1 atom stereocenters. The van der Waals surface area contributed by atoms with E-state index in [-0.39, 0.29) is 11.8 Å². The van der Waals surface area contributed by atoms with Crippen LogP contribution in [0.15, 0.2) is 16.8 Å². The number of carbonyl (C=O) groups is 1. The van der Waals surface area contributed by atoms with Crippen molar-refractivity contribution in [3.63, 3.8) is 0 Å². The van der Waals surface area contributed by atoms with Crippen molar-refractivity contribution in [1.82, 2.24) is 0 Å². The molecule has 2 nitrogen and oxygen atoms in total. The molecule has 0 aliphatic heterocycles. The van der Waals surface area contributed by atoms with E-state index in [2.05, 4.69) is 0 Å².